The fraction of sp³-hybridized carbons (Fsp3) is 0.100. The van der Waals surface area contributed by atoms with Crippen LogP contribution in [0.15, 0.2) is 72.0 Å². The first kappa shape index (κ1) is 16.5. The van der Waals surface area contributed by atoms with Crippen LogP contribution >= 0.6 is 11.8 Å². The van der Waals surface area contributed by atoms with Crippen LogP contribution in [0.25, 0.3) is 11.0 Å². The molecule has 0 fully saturated rings. The molecule has 0 unspecified atom stereocenters. The summed E-state index contributed by atoms with van der Waals surface area (Å²) in [6, 6.07) is 19.3. The van der Waals surface area contributed by atoms with Crippen LogP contribution in [0, 0.1) is 0 Å². The number of fused-ring (bicyclic) bond motifs is 1. The predicted molar refractivity (Wildman–Crippen MR) is 103 cm³/mol. The van der Waals surface area contributed by atoms with Crippen molar-refractivity contribution in [2.45, 2.75) is 10.9 Å². The van der Waals surface area contributed by atoms with E-state index in [1.54, 1.807) is 25.1 Å². The molecule has 0 amide bonds. The van der Waals surface area contributed by atoms with E-state index in [1.165, 1.54) is 0 Å². The highest BCUT2D eigenvalue weighted by molar-refractivity contribution is 7.98. The van der Waals surface area contributed by atoms with Gasteiger partial charge in [-0.05, 0) is 30.3 Å². The zero-order valence-electron chi connectivity index (χ0n) is 14.2. The lowest BCUT2D eigenvalue weighted by Crippen LogP contribution is -1.90. The van der Waals surface area contributed by atoms with Gasteiger partial charge in [-0.1, -0.05) is 30.0 Å². The van der Waals surface area contributed by atoms with Crippen molar-refractivity contribution < 1.29 is 9.47 Å². The van der Waals surface area contributed by atoms with E-state index in [0.717, 1.165) is 39.1 Å². The summed E-state index contributed by atoms with van der Waals surface area (Å²) in [7, 11) is 1.65. The summed E-state index contributed by atoms with van der Waals surface area (Å²) in [4.78, 5) is 12.3. The molecule has 5 nitrogen and oxygen atoms in total. The van der Waals surface area contributed by atoms with Gasteiger partial charge in [0.15, 0.2) is 5.16 Å². The number of thioether (sulfide) groups is 1. The Kier molecular flexibility index (Phi) is 4.75. The summed E-state index contributed by atoms with van der Waals surface area (Å²) in [5.41, 5.74) is 2.81. The highest BCUT2D eigenvalue weighted by atomic mass is 32.2. The summed E-state index contributed by atoms with van der Waals surface area (Å²) in [5.74, 6) is 3.08. The Morgan fingerprint density at radius 1 is 0.962 bits per heavy atom. The van der Waals surface area contributed by atoms with E-state index in [4.69, 9.17) is 9.47 Å². The van der Waals surface area contributed by atoms with Crippen LogP contribution in [0.4, 0.5) is 0 Å². The molecule has 0 aliphatic rings. The quantitative estimate of drug-likeness (QED) is 0.486. The first-order valence-electron chi connectivity index (χ1n) is 8.14. The Morgan fingerprint density at radius 3 is 2.69 bits per heavy atom. The first-order chi connectivity index (χ1) is 12.8. The van der Waals surface area contributed by atoms with Gasteiger partial charge in [-0.2, -0.15) is 0 Å². The lowest BCUT2D eigenvalue weighted by atomic mass is 10.3. The molecule has 130 valence electrons. The number of hydrogen-bond donors (Lipinski definition) is 1. The molecule has 4 rings (SSSR count). The van der Waals surface area contributed by atoms with E-state index in [9.17, 15) is 0 Å². The van der Waals surface area contributed by atoms with Crippen LogP contribution in [0.5, 0.6) is 17.2 Å². The first-order valence-corrected chi connectivity index (χ1v) is 9.13. The van der Waals surface area contributed by atoms with Crippen molar-refractivity contribution in [1.29, 1.82) is 0 Å². The molecule has 0 spiro atoms. The highest BCUT2D eigenvalue weighted by Crippen LogP contribution is 2.27. The molecular weight excluding hydrogens is 346 g/mol. The molecule has 0 saturated heterocycles. The molecule has 0 aliphatic carbocycles. The summed E-state index contributed by atoms with van der Waals surface area (Å²) in [6.45, 7) is 0. The SMILES string of the molecule is COc1ccc2[nH]c(SCc3cc(Oc4ccccc4)ccn3)nc2c1. The molecule has 6 heteroatoms. The Hall–Kier alpha value is -2.99. The third-order valence-electron chi connectivity index (χ3n) is 3.79. The molecule has 2 aromatic carbocycles. The van der Waals surface area contributed by atoms with Crippen molar-refractivity contribution in [2.75, 3.05) is 7.11 Å². The third-order valence-corrected chi connectivity index (χ3v) is 4.70. The van der Waals surface area contributed by atoms with Gasteiger partial charge in [0.2, 0.25) is 0 Å². The van der Waals surface area contributed by atoms with Crippen molar-refractivity contribution in [1.82, 2.24) is 15.0 Å². The molecule has 1 N–H and O–H groups in total. The topological polar surface area (TPSA) is 60.0 Å². The van der Waals surface area contributed by atoms with Crippen molar-refractivity contribution in [3.05, 3.63) is 72.6 Å². The summed E-state index contributed by atoms with van der Waals surface area (Å²) < 4.78 is 11.1. The van der Waals surface area contributed by atoms with Crippen LogP contribution in [0.1, 0.15) is 5.69 Å². The minimum atomic E-state index is 0.697. The zero-order chi connectivity index (χ0) is 17.8. The highest BCUT2D eigenvalue weighted by Gasteiger charge is 2.07. The summed E-state index contributed by atoms with van der Waals surface area (Å²) >= 11 is 1.60. The second kappa shape index (κ2) is 7.49. The summed E-state index contributed by atoms with van der Waals surface area (Å²) in [6.07, 6.45) is 1.76. The summed E-state index contributed by atoms with van der Waals surface area (Å²) in [5, 5.41) is 0.851. The molecule has 0 atom stereocenters. The van der Waals surface area contributed by atoms with Gasteiger partial charge >= 0.3 is 0 Å². The van der Waals surface area contributed by atoms with Gasteiger partial charge in [0, 0.05) is 24.1 Å². The monoisotopic (exact) mass is 363 g/mol. The number of nitrogens with zero attached hydrogens (tertiary/aromatic N) is 2. The molecule has 2 aromatic heterocycles. The van der Waals surface area contributed by atoms with Gasteiger partial charge in [-0.15, -0.1) is 0 Å². The van der Waals surface area contributed by atoms with Gasteiger partial charge in [0.25, 0.3) is 0 Å². The number of hydrogen-bond acceptors (Lipinski definition) is 5. The molecule has 2 heterocycles. The molecule has 0 radical (unpaired) electrons. The maximum absolute atomic E-state index is 5.86. The van der Waals surface area contributed by atoms with Gasteiger partial charge in [0.05, 0.1) is 23.8 Å². The number of pyridine rings is 1. The van der Waals surface area contributed by atoms with Gasteiger partial charge in [0.1, 0.15) is 17.2 Å². The zero-order valence-corrected chi connectivity index (χ0v) is 15.0. The number of methoxy groups -OCH3 is 1. The number of H-pyrrole nitrogens is 1. The number of nitrogens with one attached hydrogen (secondary N) is 1. The maximum atomic E-state index is 5.86. The van der Waals surface area contributed by atoms with Crippen LogP contribution in [0.2, 0.25) is 0 Å². The smallest absolute Gasteiger partial charge is 0.166 e. The number of aromatic nitrogens is 3. The minimum absolute atomic E-state index is 0.697. The number of imidazole rings is 1. The van der Waals surface area contributed by atoms with Crippen LogP contribution < -0.4 is 9.47 Å². The average Bonchev–Trinajstić information content (AvgIpc) is 3.09. The maximum Gasteiger partial charge on any atom is 0.166 e. The lowest BCUT2D eigenvalue weighted by Gasteiger charge is -2.06. The van der Waals surface area contributed by atoms with Crippen LogP contribution in [0.3, 0.4) is 0 Å². The van der Waals surface area contributed by atoms with E-state index in [1.807, 2.05) is 60.7 Å². The fourth-order valence-corrected chi connectivity index (χ4v) is 3.31. The van der Waals surface area contributed by atoms with E-state index in [-0.39, 0.29) is 0 Å². The number of benzene rings is 2. The van der Waals surface area contributed by atoms with Crippen LogP contribution in [-0.4, -0.2) is 22.1 Å². The fourth-order valence-electron chi connectivity index (χ4n) is 2.52. The van der Waals surface area contributed by atoms with E-state index in [2.05, 4.69) is 15.0 Å². The largest absolute Gasteiger partial charge is 0.497 e. The Labute approximate surface area is 155 Å². The number of rotatable bonds is 6. The number of ether oxygens (including phenoxy) is 2. The second-order valence-electron chi connectivity index (χ2n) is 5.61. The van der Waals surface area contributed by atoms with E-state index in [0.29, 0.717) is 5.75 Å². The second-order valence-corrected chi connectivity index (χ2v) is 6.58. The minimum Gasteiger partial charge on any atom is -0.497 e. The Morgan fingerprint density at radius 2 is 1.85 bits per heavy atom. The molecule has 26 heavy (non-hydrogen) atoms. The third kappa shape index (κ3) is 3.81. The normalized spacial score (nSPS) is 10.8. The standard InChI is InChI=1S/C20H17N3O2S/c1-24-16-7-8-18-19(12-16)23-20(22-18)26-13-14-11-17(9-10-21-14)25-15-5-3-2-4-6-15/h2-12H,13H2,1H3,(H,22,23). The van der Waals surface area contributed by atoms with Crippen molar-refractivity contribution in [3.63, 3.8) is 0 Å². The van der Waals surface area contributed by atoms with Crippen molar-refractivity contribution in [3.8, 4) is 17.2 Å². The Bertz CT molecular complexity index is 1020. The van der Waals surface area contributed by atoms with Crippen molar-refractivity contribution >= 4 is 22.8 Å². The molecule has 4 aromatic rings. The van der Waals surface area contributed by atoms with Gasteiger partial charge in [-0.3, -0.25) is 4.98 Å². The van der Waals surface area contributed by atoms with Crippen molar-refractivity contribution in [2.24, 2.45) is 0 Å². The lowest BCUT2D eigenvalue weighted by molar-refractivity contribution is 0.415. The van der Waals surface area contributed by atoms with Gasteiger partial charge < -0.3 is 14.5 Å². The average molecular weight is 363 g/mol. The van der Waals surface area contributed by atoms with Crippen LogP contribution in [-0.2, 0) is 5.75 Å². The van der Waals surface area contributed by atoms with E-state index < -0.39 is 0 Å². The van der Waals surface area contributed by atoms with Gasteiger partial charge in [-0.25, -0.2) is 4.98 Å². The molecule has 0 bridgehead atoms. The predicted octanol–water partition coefficient (Wildman–Crippen LogP) is 5.05. The molecule has 0 aliphatic heterocycles. The van der Waals surface area contributed by atoms with E-state index >= 15 is 0 Å². The number of aromatic amines is 1. The molecule has 0 saturated carbocycles. The molecular formula is C20H17N3O2S. The number of para-hydroxylation sites is 1. The Balaban J connectivity index is 1.45.